The average molecular weight is 323 g/mol. The lowest BCUT2D eigenvalue weighted by Crippen LogP contribution is -2.50. The maximum Gasteiger partial charge on any atom is 0.259 e. The number of rotatable bonds is 4. The van der Waals surface area contributed by atoms with E-state index in [2.05, 4.69) is 35.9 Å². The Morgan fingerprint density at radius 2 is 1.58 bits per heavy atom. The monoisotopic (exact) mass is 323 g/mol. The predicted octanol–water partition coefficient (Wildman–Crippen LogP) is 2.85. The lowest BCUT2D eigenvalue weighted by atomic mass is 10.1. The van der Waals surface area contributed by atoms with Gasteiger partial charge in [0.2, 0.25) is 0 Å². The minimum atomic E-state index is 0.0541. The van der Waals surface area contributed by atoms with Gasteiger partial charge in [-0.1, -0.05) is 35.9 Å². The molecule has 0 bridgehead atoms. The smallest absolute Gasteiger partial charge is 0.259 e. The largest absolute Gasteiger partial charge is 0.304 e. The van der Waals surface area contributed by atoms with E-state index in [-0.39, 0.29) is 5.91 Å². The molecule has 4 heteroatoms. The highest BCUT2D eigenvalue weighted by atomic mass is 16.2. The molecule has 3 rings (SSSR count). The normalized spacial score (nSPS) is 16.1. The summed E-state index contributed by atoms with van der Waals surface area (Å²) >= 11 is 0. The summed E-state index contributed by atoms with van der Waals surface area (Å²) in [5, 5.41) is 0. The lowest BCUT2D eigenvalue weighted by Gasteiger charge is -2.36. The zero-order chi connectivity index (χ0) is 16.9. The third kappa shape index (κ3) is 4.02. The number of hydrogen-bond donors (Lipinski definition) is 0. The molecule has 2 aromatic carbocycles. The third-order valence-electron chi connectivity index (χ3n) is 4.55. The molecule has 0 radical (unpaired) electrons. The topological polar surface area (TPSA) is 26.8 Å². The molecule has 24 heavy (non-hydrogen) atoms. The van der Waals surface area contributed by atoms with Gasteiger partial charge in [-0.2, -0.15) is 0 Å². The standard InChI is InChI=1S/C20H25N3O/c1-17-8-10-19(11-9-17)23(16-22-14-12-21(2)13-15-22)20(24)18-6-4-3-5-7-18/h3-11H,12-16H2,1-2H3. The van der Waals surface area contributed by atoms with Crippen molar-refractivity contribution < 1.29 is 4.79 Å². The van der Waals surface area contributed by atoms with Crippen LogP contribution < -0.4 is 4.90 Å². The van der Waals surface area contributed by atoms with Crippen LogP contribution in [0.2, 0.25) is 0 Å². The Morgan fingerprint density at radius 1 is 0.958 bits per heavy atom. The third-order valence-corrected chi connectivity index (χ3v) is 4.55. The van der Waals surface area contributed by atoms with Gasteiger partial charge < -0.3 is 4.90 Å². The minimum absolute atomic E-state index is 0.0541. The summed E-state index contributed by atoms with van der Waals surface area (Å²) in [7, 11) is 2.14. The second-order valence-corrected chi connectivity index (χ2v) is 6.50. The van der Waals surface area contributed by atoms with Crippen molar-refractivity contribution in [2.24, 2.45) is 0 Å². The van der Waals surface area contributed by atoms with Crippen LogP contribution in [0.25, 0.3) is 0 Å². The lowest BCUT2D eigenvalue weighted by molar-refractivity contribution is 0.0945. The zero-order valence-corrected chi connectivity index (χ0v) is 14.5. The van der Waals surface area contributed by atoms with Crippen LogP contribution in [0.4, 0.5) is 5.69 Å². The molecule has 126 valence electrons. The molecule has 0 spiro atoms. The Balaban J connectivity index is 1.83. The maximum absolute atomic E-state index is 13.1. The van der Waals surface area contributed by atoms with Crippen molar-refractivity contribution in [1.82, 2.24) is 9.80 Å². The second kappa shape index (κ2) is 7.60. The highest BCUT2D eigenvalue weighted by Crippen LogP contribution is 2.19. The summed E-state index contributed by atoms with van der Waals surface area (Å²) in [6, 6.07) is 17.7. The molecule has 1 saturated heterocycles. The highest BCUT2D eigenvalue weighted by Gasteiger charge is 2.22. The van der Waals surface area contributed by atoms with Gasteiger partial charge in [0, 0.05) is 37.4 Å². The Labute approximate surface area is 144 Å². The minimum Gasteiger partial charge on any atom is -0.304 e. The summed E-state index contributed by atoms with van der Waals surface area (Å²) in [6.07, 6.45) is 0. The molecule has 0 aliphatic carbocycles. The fourth-order valence-corrected chi connectivity index (χ4v) is 2.91. The molecule has 1 amide bonds. The number of aryl methyl sites for hydroxylation is 1. The van der Waals surface area contributed by atoms with Crippen LogP contribution in [0.1, 0.15) is 15.9 Å². The predicted molar refractivity (Wildman–Crippen MR) is 98.4 cm³/mol. The van der Waals surface area contributed by atoms with E-state index >= 15 is 0 Å². The number of carbonyl (C=O) groups excluding carboxylic acids is 1. The Kier molecular flexibility index (Phi) is 5.28. The first-order valence-corrected chi connectivity index (χ1v) is 8.48. The van der Waals surface area contributed by atoms with Crippen molar-refractivity contribution in [3.8, 4) is 0 Å². The molecule has 1 aliphatic heterocycles. The molecule has 0 N–H and O–H groups in total. The summed E-state index contributed by atoms with van der Waals surface area (Å²) in [6.45, 7) is 6.75. The van der Waals surface area contributed by atoms with Gasteiger partial charge in [-0.05, 0) is 38.2 Å². The molecule has 0 atom stereocenters. The Bertz CT molecular complexity index is 661. The van der Waals surface area contributed by atoms with E-state index in [1.165, 1.54) is 5.56 Å². The summed E-state index contributed by atoms with van der Waals surface area (Å²) in [5.74, 6) is 0.0541. The molecule has 4 nitrogen and oxygen atoms in total. The fraction of sp³-hybridized carbons (Fsp3) is 0.350. The molecule has 0 aromatic heterocycles. The van der Waals surface area contributed by atoms with Crippen molar-refractivity contribution in [2.75, 3.05) is 44.8 Å². The van der Waals surface area contributed by atoms with Crippen LogP contribution in [-0.2, 0) is 0 Å². The summed E-state index contributed by atoms with van der Waals surface area (Å²) in [5.41, 5.74) is 2.88. The first-order chi connectivity index (χ1) is 11.6. The van der Waals surface area contributed by atoms with Crippen LogP contribution in [-0.4, -0.2) is 55.6 Å². The molecule has 2 aromatic rings. The van der Waals surface area contributed by atoms with Crippen molar-refractivity contribution in [3.05, 3.63) is 65.7 Å². The van der Waals surface area contributed by atoms with E-state index in [0.29, 0.717) is 6.67 Å². The van der Waals surface area contributed by atoms with Gasteiger partial charge in [0.1, 0.15) is 0 Å². The first kappa shape index (κ1) is 16.7. The SMILES string of the molecule is Cc1ccc(N(CN2CCN(C)CC2)C(=O)c2ccccc2)cc1. The Morgan fingerprint density at radius 3 is 2.21 bits per heavy atom. The maximum atomic E-state index is 13.1. The molecular formula is C20H25N3O. The van der Waals surface area contributed by atoms with Gasteiger partial charge in [-0.15, -0.1) is 0 Å². The number of piperazine rings is 1. The number of anilines is 1. The average Bonchev–Trinajstić information content (AvgIpc) is 2.62. The molecule has 0 unspecified atom stereocenters. The summed E-state index contributed by atoms with van der Waals surface area (Å²) in [4.78, 5) is 19.6. The van der Waals surface area contributed by atoms with Gasteiger partial charge in [0.25, 0.3) is 5.91 Å². The molecule has 1 aliphatic rings. The van der Waals surface area contributed by atoms with E-state index in [9.17, 15) is 4.79 Å². The van der Waals surface area contributed by atoms with Gasteiger partial charge in [-0.3, -0.25) is 14.6 Å². The zero-order valence-electron chi connectivity index (χ0n) is 14.5. The van der Waals surface area contributed by atoms with Crippen LogP contribution in [0.5, 0.6) is 0 Å². The van der Waals surface area contributed by atoms with Crippen LogP contribution in [0, 0.1) is 6.92 Å². The molecule has 1 fully saturated rings. The number of benzene rings is 2. The van der Waals surface area contributed by atoms with E-state index in [1.807, 2.05) is 47.4 Å². The Hall–Kier alpha value is -2.17. The number of carbonyl (C=O) groups is 1. The van der Waals surface area contributed by atoms with Crippen molar-refractivity contribution >= 4 is 11.6 Å². The number of likely N-dealkylation sites (N-methyl/N-ethyl adjacent to an activating group) is 1. The number of hydrogen-bond acceptors (Lipinski definition) is 3. The van der Waals surface area contributed by atoms with Gasteiger partial charge in [0.05, 0.1) is 6.67 Å². The van der Waals surface area contributed by atoms with Crippen molar-refractivity contribution in [3.63, 3.8) is 0 Å². The van der Waals surface area contributed by atoms with Crippen molar-refractivity contribution in [1.29, 1.82) is 0 Å². The van der Waals surface area contributed by atoms with Crippen molar-refractivity contribution in [2.45, 2.75) is 6.92 Å². The number of nitrogens with zero attached hydrogens (tertiary/aromatic N) is 3. The summed E-state index contributed by atoms with van der Waals surface area (Å²) < 4.78 is 0. The quantitative estimate of drug-likeness (QED) is 0.866. The second-order valence-electron chi connectivity index (χ2n) is 6.50. The van der Waals surface area contributed by atoms with E-state index in [0.717, 1.165) is 37.4 Å². The van der Waals surface area contributed by atoms with Crippen LogP contribution in [0.3, 0.4) is 0 Å². The van der Waals surface area contributed by atoms with E-state index in [4.69, 9.17) is 0 Å². The van der Waals surface area contributed by atoms with E-state index < -0.39 is 0 Å². The van der Waals surface area contributed by atoms with Crippen LogP contribution in [0.15, 0.2) is 54.6 Å². The fourth-order valence-electron chi connectivity index (χ4n) is 2.91. The number of amides is 1. The highest BCUT2D eigenvalue weighted by molar-refractivity contribution is 6.06. The molecule has 1 heterocycles. The first-order valence-electron chi connectivity index (χ1n) is 8.48. The van der Waals surface area contributed by atoms with Gasteiger partial charge in [0.15, 0.2) is 0 Å². The molecular weight excluding hydrogens is 298 g/mol. The van der Waals surface area contributed by atoms with Crippen LogP contribution >= 0.6 is 0 Å². The van der Waals surface area contributed by atoms with Gasteiger partial charge >= 0.3 is 0 Å². The molecule has 0 saturated carbocycles. The van der Waals surface area contributed by atoms with E-state index in [1.54, 1.807) is 0 Å². The van der Waals surface area contributed by atoms with Gasteiger partial charge in [-0.25, -0.2) is 0 Å².